The second-order valence-corrected chi connectivity index (χ2v) is 9.06. The Labute approximate surface area is 90.8 Å². The molecule has 0 aliphatic heterocycles. The maximum atomic E-state index is 13.0. The Morgan fingerprint density at radius 1 is 1.27 bits per heavy atom. The van der Waals surface area contributed by atoms with Crippen LogP contribution in [-0.4, -0.2) is 8.07 Å². The summed E-state index contributed by atoms with van der Waals surface area (Å²) in [6.45, 7) is 13.2. The van der Waals surface area contributed by atoms with Gasteiger partial charge in [-0.3, -0.25) is 0 Å². The fourth-order valence-corrected chi connectivity index (χ4v) is 1.49. The first-order chi connectivity index (χ1) is 6.90. The van der Waals surface area contributed by atoms with Crippen molar-refractivity contribution in [1.29, 1.82) is 0 Å². The van der Waals surface area contributed by atoms with E-state index in [0.717, 1.165) is 0 Å². The highest BCUT2D eigenvalue weighted by Crippen LogP contribution is 2.16. The number of rotatable bonds is 0. The Bertz CT molecular complexity index is 469. The molecule has 0 aliphatic rings. The van der Waals surface area contributed by atoms with E-state index in [1.54, 1.807) is 6.07 Å². The third-order valence-electron chi connectivity index (χ3n) is 1.59. The molecular weight excluding hydrogens is 205 g/mol. The molecule has 0 heterocycles. The minimum atomic E-state index is -1.45. The number of benzene rings is 1. The van der Waals surface area contributed by atoms with Gasteiger partial charge in [-0.2, -0.15) is 0 Å². The lowest BCUT2D eigenvalue weighted by Crippen LogP contribution is -2.16. The summed E-state index contributed by atoms with van der Waals surface area (Å²) in [5.41, 5.74) is 4.02. The van der Waals surface area contributed by atoms with Crippen molar-refractivity contribution in [3.8, 4) is 11.5 Å². The van der Waals surface area contributed by atoms with E-state index in [2.05, 4.69) is 36.0 Å². The van der Waals surface area contributed by atoms with Gasteiger partial charge in [0.1, 0.15) is 13.9 Å². The molecule has 0 amide bonds. The van der Waals surface area contributed by atoms with E-state index < -0.39 is 13.9 Å². The first kappa shape index (κ1) is 11.5. The largest absolute Gasteiger partial charge is 0.238 e. The van der Waals surface area contributed by atoms with Crippen LogP contribution in [0.2, 0.25) is 19.6 Å². The molecule has 0 spiro atoms. The normalized spacial score (nSPS) is 10.1. The van der Waals surface area contributed by atoms with Crippen molar-refractivity contribution in [3.05, 3.63) is 41.0 Å². The fourth-order valence-electron chi connectivity index (χ4n) is 0.971. The maximum Gasteiger partial charge on any atom is 0.191 e. The van der Waals surface area contributed by atoms with Gasteiger partial charge in [0.2, 0.25) is 0 Å². The molecule has 0 unspecified atom stereocenters. The van der Waals surface area contributed by atoms with Crippen LogP contribution >= 0.6 is 0 Å². The van der Waals surface area contributed by atoms with Crippen molar-refractivity contribution in [1.82, 2.24) is 0 Å². The predicted molar refractivity (Wildman–Crippen MR) is 62.9 cm³/mol. The van der Waals surface area contributed by atoms with Gasteiger partial charge in [-0.25, -0.2) is 9.24 Å². The van der Waals surface area contributed by atoms with Gasteiger partial charge in [0.15, 0.2) is 5.69 Å². The monoisotopic (exact) mass is 217 g/mol. The Morgan fingerprint density at radius 2 is 1.93 bits per heavy atom. The molecule has 1 nitrogen and oxygen atoms in total. The van der Waals surface area contributed by atoms with Gasteiger partial charge >= 0.3 is 0 Å². The van der Waals surface area contributed by atoms with E-state index in [4.69, 9.17) is 6.57 Å². The van der Waals surface area contributed by atoms with Gasteiger partial charge in [0, 0.05) is 5.56 Å². The van der Waals surface area contributed by atoms with Crippen molar-refractivity contribution in [2.45, 2.75) is 19.6 Å². The molecule has 1 aromatic carbocycles. The van der Waals surface area contributed by atoms with Crippen LogP contribution in [0.5, 0.6) is 0 Å². The second kappa shape index (κ2) is 4.29. The fraction of sp³-hybridized carbons (Fsp3) is 0.250. The Balaban J connectivity index is 3.11. The molecule has 0 fully saturated rings. The summed E-state index contributed by atoms with van der Waals surface area (Å²) in [6, 6.07) is 4.19. The molecule has 3 heteroatoms. The zero-order chi connectivity index (χ0) is 11.5. The highest BCUT2D eigenvalue weighted by atomic mass is 28.3. The maximum absolute atomic E-state index is 13.0. The summed E-state index contributed by atoms with van der Waals surface area (Å²) in [6.07, 6.45) is 0. The molecule has 15 heavy (non-hydrogen) atoms. The van der Waals surface area contributed by atoms with Crippen LogP contribution in [0.25, 0.3) is 4.85 Å². The summed E-state index contributed by atoms with van der Waals surface area (Å²) in [4.78, 5) is 3.19. The van der Waals surface area contributed by atoms with Gasteiger partial charge in [0.05, 0.1) is 6.57 Å². The number of hydrogen-bond donors (Lipinski definition) is 0. The predicted octanol–water partition coefficient (Wildman–Crippen LogP) is 3.61. The molecule has 0 N–H and O–H groups in total. The lowest BCUT2D eigenvalue weighted by atomic mass is 10.2. The minimum Gasteiger partial charge on any atom is -0.238 e. The van der Waals surface area contributed by atoms with Gasteiger partial charge in [-0.1, -0.05) is 25.6 Å². The molecule has 1 aromatic rings. The van der Waals surface area contributed by atoms with Crippen LogP contribution in [0.15, 0.2) is 18.2 Å². The summed E-state index contributed by atoms with van der Waals surface area (Å²) >= 11 is 0. The molecule has 1 rings (SSSR count). The van der Waals surface area contributed by atoms with Crippen molar-refractivity contribution in [3.63, 3.8) is 0 Å². The number of halogens is 1. The molecule has 0 saturated heterocycles. The van der Waals surface area contributed by atoms with E-state index in [9.17, 15) is 4.39 Å². The van der Waals surface area contributed by atoms with Crippen LogP contribution in [-0.2, 0) is 0 Å². The van der Waals surface area contributed by atoms with Crippen LogP contribution in [0, 0.1) is 23.9 Å². The van der Waals surface area contributed by atoms with Gasteiger partial charge in [-0.05, 0) is 18.2 Å². The quantitative estimate of drug-likeness (QED) is 0.355. The topological polar surface area (TPSA) is 4.36 Å². The highest BCUT2D eigenvalue weighted by molar-refractivity contribution is 6.83. The molecule has 0 atom stereocenters. The Hall–Kier alpha value is -1.58. The average molecular weight is 217 g/mol. The van der Waals surface area contributed by atoms with Gasteiger partial charge < -0.3 is 0 Å². The molecule has 0 aromatic heterocycles. The van der Waals surface area contributed by atoms with E-state index >= 15 is 0 Å². The van der Waals surface area contributed by atoms with E-state index in [1.165, 1.54) is 12.1 Å². The summed E-state index contributed by atoms with van der Waals surface area (Å²) in [7, 11) is -1.45. The van der Waals surface area contributed by atoms with Crippen molar-refractivity contribution in [2.75, 3.05) is 0 Å². The van der Waals surface area contributed by atoms with Crippen molar-refractivity contribution < 1.29 is 4.39 Å². The van der Waals surface area contributed by atoms with Crippen LogP contribution in [0.1, 0.15) is 5.56 Å². The molecule has 0 saturated carbocycles. The van der Waals surface area contributed by atoms with Crippen LogP contribution in [0.4, 0.5) is 10.1 Å². The lowest BCUT2D eigenvalue weighted by Gasteiger charge is -2.03. The first-order valence-electron chi connectivity index (χ1n) is 4.62. The SMILES string of the molecule is [C-]#[N+]c1cc(F)cc(C#C[Si](C)(C)C)c1. The van der Waals surface area contributed by atoms with E-state index in [1.807, 2.05) is 0 Å². The van der Waals surface area contributed by atoms with Crippen LogP contribution < -0.4 is 0 Å². The summed E-state index contributed by atoms with van der Waals surface area (Å²) < 4.78 is 13.0. The highest BCUT2D eigenvalue weighted by Gasteiger charge is 2.07. The van der Waals surface area contributed by atoms with Gasteiger partial charge in [0.25, 0.3) is 0 Å². The molecule has 0 bridgehead atoms. The molecular formula is C12H12FNSi. The Kier molecular flexibility index (Phi) is 3.29. The summed E-state index contributed by atoms with van der Waals surface area (Å²) in [5.74, 6) is 2.53. The minimum absolute atomic E-state index is 0.301. The third kappa shape index (κ3) is 3.97. The van der Waals surface area contributed by atoms with Crippen molar-refractivity contribution in [2.24, 2.45) is 0 Å². The second-order valence-electron chi connectivity index (χ2n) is 4.31. The lowest BCUT2D eigenvalue weighted by molar-refractivity contribution is 0.628. The molecule has 0 aliphatic carbocycles. The smallest absolute Gasteiger partial charge is 0.191 e. The zero-order valence-corrected chi connectivity index (χ0v) is 10.1. The van der Waals surface area contributed by atoms with Crippen LogP contribution in [0.3, 0.4) is 0 Å². The van der Waals surface area contributed by atoms with Gasteiger partial charge in [-0.15, -0.1) is 5.54 Å². The average Bonchev–Trinajstić information content (AvgIpc) is 2.13. The first-order valence-corrected chi connectivity index (χ1v) is 8.12. The Morgan fingerprint density at radius 3 is 2.47 bits per heavy atom. The van der Waals surface area contributed by atoms with Crippen molar-refractivity contribution >= 4 is 13.8 Å². The number of nitrogens with zero attached hydrogens (tertiary/aromatic N) is 1. The summed E-state index contributed by atoms with van der Waals surface area (Å²) in [5, 5.41) is 0. The van der Waals surface area contributed by atoms with E-state index in [0.29, 0.717) is 11.3 Å². The zero-order valence-electron chi connectivity index (χ0n) is 9.06. The molecule has 76 valence electrons. The standard InChI is InChI=1S/C12H12FNSi/c1-14-12-8-10(7-11(13)9-12)5-6-15(2,3)4/h7-9H,2-4H3. The third-order valence-corrected chi connectivity index (χ3v) is 2.47. The number of hydrogen-bond acceptors (Lipinski definition) is 0. The van der Waals surface area contributed by atoms with E-state index in [-0.39, 0.29) is 0 Å². The molecule has 0 radical (unpaired) electrons.